The minimum Gasteiger partial charge on any atom is -0.496 e. The first-order valence-electron chi connectivity index (χ1n) is 5.83. The van der Waals surface area contributed by atoms with E-state index in [1.807, 2.05) is 27.7 Å². The van der Waals surface area contributed by atoms with Crippen LogP contribution in [0.1, 0.15) is 29.2 Å². The predicted octanol–water partition coefficient (Wildman–Crippen LogP) is 3.56. The molecule has 2 nitrogen and oxygen atoms in total. The average Bonchev–Trinajstić information content (AvgIpc) is 2.32. The molecule has 0 spiro atoms. The maximum atomic E-state index is 5.48. The lowest BCUT2D eigenvalue weighted by atomic mass is 9.97. The monoisotopic (exact) mass is 244 g/mol. The first kappa shape index (κ1) is 14.2. The van der Waals surface area contributed by atoms with Crippen molar-refractivity contribution in [3.05, 3.63) is 34.4 Å². The van der Waals surface area contributed by atoms with E-state index in [9.17, 15) is 0 Å². The molecule has 0 saturated heterocycles. The van der Waals surface area contributed by atoms with Gasteiger partial charge in [0.25, 0.3) is 0 Å². The van der Waals surface area contributed by atoms with Crippen molar-refractivity contribution < 1.29 is 9.47 Å². The molecule has 0 heterocycles. The summed E-state index contributed by atoms with van der Waals surface area (Å²) in [7, 11) is 3.34. The van der Waals surface area contributed by atoms with Gasteiger partial charge in [-0.2, -0.15) is 0 Å². The zero-order valence-corrected chi connectivity index (χ0v) is 12.0. The van der Waals surface area contributed by atoms with Crippen LogP contribution in [0.5, 0.6) is 11.5 Å². The van der Waals surface area contributed by atoms with Crippen LogP contribution in [0.2, 0.25) is 0 Å². The van der Waals surface area contributed by atoms with Crippen LogP contribution in [0.4, 0.5) is 0 Å². The molecule has 96 valence electrons. The maximum Gasteiger partial charge on any atom is 0.138 e. The van der Waals surface area contributed by atoms with Crippen LogP contribution < -0.4 is 9.47 Å². The van der Waals surface area contributed by atoms with Crippen LogP contribution in [0.15, 0.2) is 12.2 Å². The molecule has 0 aliphatic carbocycles. The number of ether oxygens (including phenoxy) is 2. The standard InChI is InChI=1S/C16H20O2/c1-10(2)8-9-14-13(5)15(17-6)11(3)12(4)16(14)18-7/h1H2,2-7H3. The van der Waals surface area contributed by atoms with Gasteiger partial charge in [0, 0.05) is 5.56 Å². The van der Waals surface area contributed by atoms with Gasteiger partial charge in [0.2, 0.25) is 0 Å². The van der Waals surface area contributed by atoms with Crippen LogP contribution in [0.3, 0.4) is 0 Å². The average molecular weight is 244 g/mol. The summed E-state index contributed by atoms with van der Waals surface area (Å²) in [6, 6.07) is 0. The zero-order valence-electron chi connectivity index (χ0n) is 12.0. The van der Waals surface area contributed by atoms with Gasteiger partial charge in [-0.15, -0.1) is 0 Å². The van der Waals surface area contributed by atoms with Gasteiger partial charge in [-0.1, -0.05) is 18.4 Å². The molecule has 1 rings (SSSR count). The largest absolute Gasteiger partial charge is 0.496 e. The van der Waals surface area contributed by atoms with E-state index < -0.39 is 0 Å². The molecular weight excluding hydrogens is 224 g/mol. The van der Waals surface area contributed by atoms with E-state index in [2.05, 4.69) is 18.4 Å². The molecule has 0 radical (unpaired) electrons. The molecule has 0 saturated carbocycles. The normalized spacial score (nSPS) is 9.44. The highest BCUT2D eigenvalue weighted by atomic mass is 16.5. The highest BCUT2D eigenvalue weighted by molar-refractivity contribution is 5.64. The van der Waals surface area contributed by atoms with E-state index in [1.165, 1.54) is 0 Å². The van der Waals surface area contributed by atoms with E-state index in [1.54, 1.807) is 14.2 Å². The molecule has 0 atom stereocenters. The highest BCUT2D eigenvalue weighted by Gasteiger charge is 2.17. The maximum absolute atomic E-state index is 5.48. The predicted molar refractivity (Wildman–Crippen MR) is 75.4 cm³/mol. The summed E-state index contributed by atoms with van der Waals surface area (Å²) < 4.78 is 10.9. The van der Waals surface area contributed by atoms with Crippen molar-refractivity contribution >= 4 is 0 Å². The Balaban J connectivity index is 3.64. The molecule has 0 bridgehead atoms. The van der Waals surface area contributed by atoms with Crippen molar-refractivity contribution in [3.8, 4) is 23.3 Å². The summed E-state index contributed by atoms with van der Waals surface area (Å²) in [6.07, 6.45) is 0. The van der Waals surface area contributed by atoms with Gasteiger partial charge in [0.1, 0.15) is 11.5 Å². The van der Waals surface area contributed by atoms with Crippen molar-refractivity contribution in [3.63, 3.8) is 0 Å². The molecule has 0 fully saturated rings. The summed E-state index contributed by atoms with van der Waals surface area (Å²) in [5.41, 5.74) is 4.86. The molecule has 1 aromatic rings. The lowest BCUT2D eigenvalue weighted by Gasteiger charge is -2.17. The third kappa shape index (κ3) is 2.51. The lowest BCUT2D eigenvalue weighted by Crippen LogP contribution is -2.01. The van der Waals surface area contributed by atoms with Crippen molar-refractivity contribution in [1.29, 1.82) is 0 Å². The van der Waals surface area contributed by atoms with Crippen LogP contribution in [0.25, 0.3) is 0 Å². The van der Waals surface area contributed by atoms with Crippen molar-refractivity contribution in [2.45, 2.75) is 27.7 Å². The molecule has 2 heteroatoms. The van der Waals surface area contributed by atoms with Gasteiger partial charge in [-0.3, -0.25) is 0 Å². The van der Waals surface area contributed by atoms with Gasteiger partial charge in [-0.05, 0) is 44.4 Å². The number of benzene rings is 1. The van der Waals surface area contributed by atoms with Crippen molar-refractivity contribution in [2.24, 2.45) is 0 Å². The van der Waals surface area contributed by atoms with Crippen LogP contribution in [-0.2, 0) is 0 Å². The second-order valence-electron chi connectivity index (χ2n) is 4.35. The fourth-order valence-electron chi connectivity index (χ4n) is 1.97. The van der Waals surface area contributed by atoms with E-state index in [4.69, 9.17) is 9.47 Å². The first-order chi connectivity index (χ1) is 8.43. The Hall–Kier alpha value is -1.88. The zero-order chi connectivity index (χ0) is 13.9. The number of allylic oxidation sites excluding steroid dienone is 1. The molecular formula is C16H20O2. The third-order valence-corrected chi connectivity index (χ3v) is 3.00. The first-order valence-corrected chi connectivity index (χ1v) is 5.83. The Morgan fingerprint density at radius 3 is 1.89 bits per heavy atom. The second-order valence-corrected chi connectivity index (χ2v) is 4.35. The molecule has 1 aromatic carbocycles. The second kappa shape index (κ2) is 5.64. The summed E-state index contributed by atoms with van der Waals surface area (Å²) >= 11 is 0. The minimum atomic E-state index is 0.819. The summed E-state index contributed by atoms with van der Waals surface area (Å²) in [5, 5.41) is 0. The molecule has 0 unspecified atom stereocenters. The molecule has 0 amide bonds. The number of hydrogen-bond donors (Lipinski definition) is 0. The van der Waals surface area contributed by atoms with Gasteiger partial charge < -0.3 is 9.47 Å². The Bertz CT molecular complexity index is 543. The number of methoxy groups -OCH3 is 2. The Morgan fingerprint density at radius 2 is 1.44 bits per heavy atom. The third-order valence-electron chi connectivity index (χ3n) is 3.00. The van der Waals surface area contributed by atoms with Gasteiger partial charge in [-0.25, -0.2) is 0 Å². The number of hydrogen-bond acceptors (Lipinski definition) is 2. The lowest BCUT2D eigenvalue weighted by molar-refractivity contribution is 0.394. The molecule has 0 aliphatic heterocycles. The Kier molecular flexibility index (Phi) is 4.44. The number of rotatable bonds is 2. The van der Waals surface area contributed by atoms with E-state index >= 15 is 0 Å². The molecule has 0 aliphatic rings. The Labute approximate surface area is 110 Å². The van der Waals surface area contributed by atoms with Crippen LogP contribution in [0, 0.1) is 32.6 Å². The summed E-state index contributed by atoms with van der Waals surface area (Å²) in [6.45, 7) is 11.7. The molecule has 18 heavy (non-hydrogen) atoms. The molecule has 0 N–H and O–H groups in total. The van der Waals surface area contributed by atoms with Crippen molar-refractivity contribution in [1.82, 2.24) is 0 Å². The quantitative estimate of drug-likeness (QED) is 0.741. The van der Waals surface area contributed by atoms with Crippen LogP contribution in [-0.4, -0.2) is 14.2 Å². The van der Waals surface area contributed by atoms with Gasteiger partial charge in [0.15, 0.2) is 0 Å². The highest BCUT2D eigenvalue weighted by Crippen LogP contribution is 2.36. The van der Waals surface area contributed by atoms with Crippen molar-refractivity contribution in [2.75, 3.05) is 14.2 Å². The van der Waals surface area contributed by atoms with Crippen LogP contribution >= 0.6 is 0 Å². The van der Waals surface area contributed by atoms with E-state index in [-0.39, 0.29) is 0 Å². The SMILES string of the molecule is C=C(C)C#Cc1c(C)c(OC)c(C)c(C)c1OC. The van der Waals surface area contributed by atoms with Gasteiger partial charge in [0.05, 0.1) is 19.8 Å². The Morgan fingerprint density at radius 1 is 0.944 bits per heavy atom. The van der Waals surface area contributed by atoms with E-state index in [0.29, 0.717) is 0 Å². The van der Waals surface area contributed by atoms with Gasteiger partial charge >= 0.3 is 0 Å². The molecule has 0 aromatic heterocycles. The van der Waals surface area contributed by atoms with E-state index in [0.717, 1.165) is 39.3 Å². The topological polar surface area (TPSA) is 18.5 Å². The fraction of sp³-hybridized carbons (Fsp3) is 0.375. The fourth-order valence-corrected chi connectivity index (χ4v) is 1.97. The summed E-state index contributed by atoms with van der Waals surface area (Å²) in [4.78, 5) is 0. The smallest absolute Gasteiger partial charge is 0.138 e. The summed E-state index contributed by atoms with van der Waals surface area (Å²) in [5.74, 6) is 7.81. The minimum absolute atomic E-state index is 0.819.